The molecule has 0 spiro atoms. The first-order valence-electron chi connectivity index (χ1n) is 9.11. The Morgan fingerprint density at radius 2 is 1.66 bits per heavy atom. The van der Waals surface area contributed by atoms with Crippen molar-refractivity contribution in [1.82, 2.24) is 0 Å². The molecule has 1 aliphatic heterocycles. The summed E-state index contributed by atoms with van der Waals surface area (Å²) >= 11 is 0. The molecule has 3 rings (SSSR count). The Balaban J connectivity index is 1.72. The molecule has 1 saturated heterocycles. The molecule has 1 aliphatic rings. The Hall–Kier alpha value is -3.08. The van der Waals surface area contributed by atoms with Crippen LogP contribution in [0.2, 0.25) is 0 Å². The predicted octanol–water partition coefficient (Wildman–Crippen LogP) is 4.64. The number of hydrogen-bond donors (Lipinski definition) is 0. The number of piperidine rings is 1. The van der Waals surface area contributed by atoms with Crippen LogP contribution >= 0.6 is 0 Å². The summed E-state index contributed by atoms with van der Waals surface area (Å²) in [5.74, 6) is 1.65. The van der Waals surface area contributed by atoms with Gasteiger partial charge in [-0.25, -0.2) is 0 Å². The van der Waals surface area contributed by atoms with Crippen molar-refractivity contribution in [2.75, 3.05) is 32.2 Å². The number of nitrogens with zero attached hydrogens (tertiary/aromatic N) is 2. The molecule has 0 aromatic heterocycles. The van der Waals surface area contributed by atoms with E-state index >= 15 is 0 Å². The SMILES string of the molecule is COc1cccc(OC)c1OC1CCN(c2ccc(C#N)c(C(F)(F)F)c2)CC1. The van der Waals surface area contributed by atoms with Gasteiger partial charge in [0.1, 0.15) is 6.10 Å². The van der Waals surface area contributed by atoms with Gasteiger partial charge in [0.25, 0.3) is 0 Å². The Bertz CT molecular complexity index is 879. The minimum atomic E-state index is -4.57. The lowest BCUT2D eigenvalue weighted by Gasteiger charge is -2.34. The van der Waals surface area contributed by atoms with Crippen molar-refractivity contribution in [2.24, 2.45) is 0 Å². The molecule has 0 atom stereocenters. The molecule has 0 amide bonds. The van der Waals surface area contributed by atoms with Gasteiger partial charge in [-0.3, -0.25) is 0 Å². The van der Waals surface area contributed by atoms with Gasteiger partial charge in [0.15, 0.2) is 11.5 Å². The first kappa shape index (κ1) is 20.6. The molecule has 2 aromatic carbocycles. The van der Waals surface area contributed by atoms with Gasteiger partial charge in [0.05, 0.1) is 31.4 Å². The quantitative estimate of drug-likeness (QED) is 0.724. The summed E-state index contributed by atoms with van der Waals surface area (Å²) in [5, 5.41) is 8.94. The third-order valence-electron chi connectivity index (χ3n) is 4.90. The Morgan fingerprint density at radius 3 is 2.17 bits per heavy atom. The molecule has 8 heteroatoms. The van der Waals surface area contributed by atoms with Gasteiger partial charge in [-0.05, 0) is 30.3 Å². The standard InChI is InChI=1S/C21H21F3N2O3/c1-27-18-4-3-5-19(28-2)20(18)29-16-8-10-26(11-9-16)15-7-6-14(13-25)17(12-15)21(22,23)24/h3-7,12,16H,8-11H2,1-2H3. The van der Waals surface area contributed by atoms with Crippen molar-refractivity contribution >= 4 is 5.69 Å². The molecule has 0 radical (unpaired) electrons. The summed E-state index contributed by atoms with van der Waals surface area (Å²) in [4.78, 5) is 1.87. The van der Waals surface area contributed by atoms with Crippen LogP contribution in [-0.4, -0.2) is 33.4 Å². The van der Waals surface area contributed by atoms with Crippen LogP contribution in [-0.2, 0) is 6.18 Å². The second-order valence-corrected chi connectivity index (χ2v) is 6.64. The number of para-hydroxylation sites is 1. The molecule has 2 aromatic rings. The van der Waals surface area contributed by atoms with Crippen molar-refractivity contribution in [3.63, 3.8) is 0 Å². The second kappa shape index (κ2) is 8.52. The largest absolute Gasteiger partial charge is 0.493 e. The van der Waals surface area contributed by atoms with Gasteiger partial charge in [-0.2, -0.15) is 18.4 Å². The van der Waals surface area contributed by atoms with E-state index < -0.39 is 11.7 Å². The van der Waals surface area contributed by atoms with Crippen molar-refractivity contribution < 1.29 is 27.4 Å². The minimum Gasteiger partial charge on any atom is -0.493 e. The molecule has 1 fully saturated rings. The second-order valence-electron chi connectivity index (χ2n) is 6.64. The zero-order valence-electron chi connectivity index (χ0n) is 16.1. The molecule has 29 heavy (non-hydrogen) atoms. The maximum absolute atomic E-state index is 13.2. The van der Waals surface area contributed by atoms with Crippen LogP contribution in [0.1, 0.15) is 24.0 Å². The topological polar surface area (TPSA) is 54.7 Å². The van der Waals surface area contributed by atoms with Crippen molar-refractivity contribution in [1.29, 1.82) is 5.26 Å². The normalized spacial score (nSPS) is 15.0. The first-order valence-corrected chi connectivity index (χ1v) is 9.11. The fraction of sp³-hybridized carbons (Fsp3) is 0.381. The minimum absolute atomic E-state index is 0.114. The van der Waals surface area contributed by atoms with Crippen molar-refractivity contribution in [3.05, 3.63) is 47.5 Å². The van der Waals surface area contributed by atoms with Crippen LogP contribution in [0.5, 0.6) is 17.2 Å². The lowest BCUT2D eigenvalue weighted by Crippen LogP contribution is -2.38. The first-order chi connectivity index (χ1) is 13.9. The number of halogens is 3. The lowest BCUT2D eigenvalue weighted by atomic mass is 10.0. The summed E-state index contributed by atoms with van der Waals surface area (Å²) in [7, 11) is 3.10. The number of hydrogen-bond acceptors (Lipinski definition) is 5. The number of benzene rings is 2. The van der Waals surface area contributed by atoms with Crippen molar-refractivity contribution in [3.8, 4) is 23.3 Å². The Labute approximate surface area is 167 Å². The number of methoxy groups -OCH3 is 2. The van der Waals surface area contributed by atoms with E-state index in [0.29, 0.717) is 48.9 Å². The zero-order valence-corrected chi connectivity index (χ0v) is 16.1. The fourth-order valence-corrected chi connectivity index (χ4v) is 3.39. The fourth-order valence-electron chi connectivity index (χ4n) is 3.39. The maximum atomic E-state index is 13.2. The van der Waals surface area contributed by atoms with E-state index in [1.54, 1.807) is 44.6 Å². The Morgan fingerprint density at radius 1 is 1.03 bits per heavy atom. The van der Waals surface area contributed by atoms with E-state index in [4.69, 9.17) is 19.5 Å². The number of ether oxygens (including phenoxy) is 3. The van der Waals surface area contributed by atoms with Gasteiger partial charge < -0.3 is 19.1 Å². The summed E-state index contributed by atoms with van der Waals surface area (Å²) in [5.41, 5.74) is -0.831. The van der Waals surface area contributed by atoms with Gasteiger partial charge in [-0.15, -0.1) is 0 Å². The monoisotopic (exact) mass is 406 g/mol. The summed E-state index contributed by atoms with van der Waals surface area (Å²) in [6.45, 7) is 1.07. The highest BCUT2D eigenvalue weighted by atomic mass is 19.4. The van der Waals surface area contributed by atoms with E-state index in [1.807, 2.05) is 4.90 Å². The Kier molecular flexibility index (Phi) is 6.06. The van der Waals surface area contributed by atoms with E-state index in [9.17, 15) is 13.2 Å². The smallest absolute Gasteiger partial charge is 0.417 e. The van der Waals surface area contributed by atoms with E-state index in [1.165, 1.54) is 6.07 Å². The molecule has 5 nitrogen and oxygen atoms in total. The lowest BCUT2D eigenvalue weighted by molar-refractivity contribution is -0.137. The third kappa shape index (κ3) is 4.50. The molecule has 0 bridgehead atoms. The average Bonchev–Trinajstić information content (AvgIpc) is 2.73. The summed E-state index contributed by atoms with van der Waals surface area (Å²) in [6, 6.07) is 10.8. The average molecular weight is 406 g/mol. The number of anilines is 1. The molecule has 0 N–H and O–H groups in total. The van der Waals surface area contributed by atoms with Gasteiger partial charge in [0.2, 0.25) is 5.75 Å². The third-order valence-corrected chi connectivity index (χ3v) is 4.90. The van der Waals surface area contributed by atoms with Crippen LogP contribution in [0, 0.1) is 11.3 Å². The van der Waals surface area contributed by atoms with E-state index in [-0.39, 0.29) is 11.7 Å². The highest BCUT2D eigenvalue weighted by Crippen LogP contribution is 2.39. The highest BCUT2D eigenvalue weighted by Gasteiger charge is 2.34. The maximum Gasteiger partial charge on any atom is 0.417 e. The van der Waals surface area contributed by atoms with Crippen LogP contribution < -0.4 is 19.1 Å². The molecule has 154 valence electrons. The summed E-state index contributed by atoms with van der Waals surface area (Å²) < 4.78 is 56.4. The molecule has 0 aliphatic carbocycles. The van der Waals surface area contributed by atoms with E-state index in [0.717, 1.165) is 6.07 Å². The van der Waals surface area contributed by atoms with Crippen LogP contribution in [0.15, 0.2) is 36.4 Å². The highest BCUT2D eigenvalue weighted by molar-refractivity contribution is 5.55. The zero-order chi connectivity index (χ0) is 21.0. The van der Waals surface area contributed by atoms with Gasteiger partial charge in [0, 0.05) is 31.6 Å². The molecular formula is C21H21F3N2O3. The molecule has 0 unspecified atom stereocenters. The molecule has 0 saturated carbocycles. The van der Waals surface area contributed by atoms with Crippen LogP contribution in [0.3, 0.4) is 0 Å². The van der Waals surface area contributed by atoms with E-state index in [2.05, 4.69) is 0 Å². The summed E-state index contributed by atoms with van der Waals surface area (Å²) in [6.07, 6.45) is -3.43. The predicted molar refractivity (Wildman–Crippen MR) is 102 cm³/mol. The number of alkyl halides is 3. The van der Waals surface area contributed by atoms with Gasteiger partial charge in [-0.1, -0.05) is 6.07 Å². The molecule has 1 heterocycles. The number of nitriles is 1. The molecular weight excluding hydrogens is 385 g/mol. The number of rotatable bonds is 5. The van der Waals surface area contributed by atoms with Gasteiger partial charge >= 0.3 is 6.18 Å². The van der Waals surface area contributed by atoms with Crippen LogP contribution in [0.4, 0.5) is 18.9 Å². The van der Waals surface area contributed by atoms with Crippen LogP contribution in [0.25, 0.3) is 0 Å². The van der Waals surface area contributed by atoms with Crippen molar-refractivity contribution in [2.45, 2.75) is 25.1 Å².